The van der Waals surface area contributed by atoms with Gasteiger partial charge >= 0.3 is 11.9 Å². The van der Waals surface area contributed by atoms with Gasteiger partial charge in [0.15, 0.2) is 22.2 Å². The molecule has 2 aromatic rings. The fourth-order valence-corrected chi connectivity index (χ4v) is 3.23. The molecule has 2 aliphatic rings. The van der Waals surface area contributed by atoms with Gasteiger partial charge in [0.25, 0.3) is 0 Å². The highest BCUT2D eigenvalue weighted by molar-refractivity contribution is 6.33. The van der Waals surface area contributed by atoms with Gasteiger partial charge < -0.3 is 41.0 Å². The summed E-state index contributed by atoms with van der Waals surface area (Å²) in [5.74, 6) is -0.379. The molecule has 18 heteroatoms. The molecule has 0 atom stereocenters. The number of ether oxygens (including phenoxy) is 2. The number of aliphatic carboxylic acids is 2. The van der Waals surface area contributed by atoms with Crippen LogP contribution >= 0.6 is 23.2 Å². The predicted molar refractivity (Wildman–Crippen MR) is 140 cm³/mol. The number of aliphatic imine (C=N–C) groups is 2. The smallest absolute Gasteiger partial charge is 0.414 e. The van der Waals surface area contributed by atoms with Crippen molar-refractivity contribution < 1.29 is 29.3 Å². The van der Waals surface area contributed by atoms with E-state index in [1.165, 1.54) is 14.2 Å². The molecule has 0 aliphatic carbocycles. The summed E-state index contributed by atoms with van der Waals surface area (Å²) < 4.78 is 10.3. The van der Waals surface area contributed by atoms with E-state index >= 15 is 0 Å². The minimum Gasteiger partial charge on any atom is -0.479 e. The number of methoxy groups -OCH3 is 2. The number of hydrogen-bond donors (Lipinski definition) is 6. The van der Waals surface area contributed by atoms with E-state index in [9.17, 15) is 0 Å². The van der Waals surface area contributed by atoms with E-state index in [1.54, 1.807) is 13.8 Å². The maximum Gasteiger partial charge on any atom is 0.414 e. The summed E-state index contributed by atoms with van der Waals surface area (Å²) in [6.45, 7) is 6.63. The molecule has 4 heterocycles. The zero-order valence-electron chi connectivity index (χ0n) is 20.8. The predicted octanol–water partition coefficient (Wildman–Crippen LogP) is 0.792. The molecule has 0 bridgehead atoms. The van der Waals surface area contributed by atoms with Crippen LogP contribution in [0.4, 0.5) is 11.4 Å². The number of aryl methyl sites for hydroxylation is 2. The summed E-state index contributed by atoms with van der Waals surface area (Å²) in [7, 11) is 3.07. The summed E-state index contributed by atoms with van der Waals surface area (Å²) in [6.07, 6.45) is 0. The minimum absolute atomic E-state index is 0.320. The van der Waals surface area contributed by atoms with Crippen LogP contribution in [-0.4, -0.2) is 94.4 Å². The number of rotatable bonds is 4. The molecule has 38 heavy (non-hydrogen) atoms. The highest BCUT2D eigenvalue weighted by atomic mass is 35.5. The highest BCUT2D eigenvalue weighted by Crippen LogP contribution is 2.29. The molecular weight excluding hydrogens is 547 g/mol. The summed E-state index contributed by atoms with van der Waals surface area (Å²) in [5.41, 5.74) is 1.06. The van der Waals surface area contributed by atoms with Crippen LogP contribution in [0.15, 0.2) is 9.98 Å². The molecule has 0 saturated heterocycles. The van der Waals surface area contributed by atoms with Gasteiger partial charge in [-0.2, -0.15) is 9.97 Å². The van der Waals surface area contributed by atoms with Crippen LogP contribution in [0.2, 0.25) is 10.3 Å². The van der Waals surface area contributed by atoms with Crippen molar-refractivity contribution in [3.63, 3.8) is 0 Å². The Kier molecular flexibility index (Phi) is 11.5. The Balaban J connectivity index is 0.000000221. The number of hydrogen-bond acceptors (Lipinski definition) is 14. The van der Waals surface area contributed by atoms with Gasteiger partial charge in [-0.25, -0.2) is 19.6 Å². The average molecular weight is 573 g/mol. The Morgan fingerprint density at radius 1 is 0.763 bits per heavy atom. The van der Waals surface area contributed by atoms with E-state index in [-0.39, 0.29) is 0 Å². The fourth-order valence-electron chi connectivity index (χ4n) is 2.73. The third-order valence-corrected chi connectivity index (χ3v) is 4.84. The molecule has 4 rings (SSSR count). The largest absolute Gasteiger partial charge is 0.479 e. The van der Waals surface area contributed by atoms with E-state index in [0.29, 0.717) is 57.0 Å². The number of nitrogens with one attached hydrogen (secondary N) is 4. The van der Waals surface area contributed by atoms with Crippen molar-refractivity contribution in [2.24, 2.45) is 9.98 Å². The quantitative estimate of drug-likeness (QED) is 0.220. The first kappa shape index (κ1) is 30.0. The van der Waals surface area contributed by atoms with Crippen LogP contribution in [0, 0.1) is 13.8 Å². The Morgan fingerprint density at radius 3 is 1.39 bits per heavy atom. The number of guanidine groups is 2. The molecule has 0 spiro atoms. The molecule has 2 aliphatic heterocycles. The highest BCUT2D eigenvalue weighted by Gasteiger charge is 2.16. The number of halogens is 2. The molecule has 2 aromatic heterocycles. The van der Waals surface area contributed by atoms with Crippen LogP contribution < -0.4 is 30.7 Å². The lowest BCUT2D eigenvalue weighted by Crippen LogP contribution is -2.26. The number of carboxylic acids is 2. The normalized spacial score (nSPS) is 13.2. The topological polar surface area (TPSA) is 217 Å². The Labute approximate surface area is 226 Å². The zero-order chi connectivity index (χ0) is 28.2. The lowest BCUT2D eigenvalue weighted by Gasteiger charge is -2.11. The van der Waals surface area contributed by atoms with E-state index in [0.717, 1.165) is 26.2 Å². The number of carbonyl (C=O) groups is 2. The zero-order valence-corrected chi connectivity index (χ0v) is 22.3. The average Bonchev–Trinajstić information content (AvgIpc) is 3.57. The van der Waals surface area contributed by atoms with Crippen molar-refractivity contribution >= 4 is 58.4 Å². The molecule has 0 saturated carbocycles. The Bertz CT molecular complexity index is 1130. The number of nitrogens with zero attached hydrogens (tertiary/aromatic N) is 6. The second-order valence-electron chi connectivity index (χ2n) is 7.07. The van der Waals surface area contributed by atoms with Gasteiger partial charge in [-0.1, -0.05) is 23.2 Å². The van der Waals surface area contributed by atoms with Crippen LogP contribution in [0.25, 0.3) is 0 Å². The standard InChI is InChI=1S/2C9H12ClN5O.C2H2O4/c2*1-5-13-7(10)6(8(14-5)16-2)15-9-11-3-4-12-9;3-1(4)2(5)6/h2*3-4H2,1-2H3,(H2,11,12,15);(H,3,4)(H,5,6). The maximum absolute atomic E-state index is 9.10. The summed E-state index contributed by atoms with van der Waals surface area (Å²) in [5, 5.41) is 27.6. The van der Waals surface area contributed by atoms with Gasteiger partial charge in [0.05, 0.1) is 27.3 Å². The third kappa shape index (κ3) is 9.04. The van der Waals surface area contributed by atoms with Crippen molar-refractivity contribution in [2.45, 2.75) is 13.8 Å². The molecule has 6 N–H and O–H groups in total. The lowest BCUT2D eigenvalue weighted by atomic mass is 10.4. The Hall–Kier alpha value is -4.18. The van der Waals surface area contributed by atoms with Crippen molar-refractivity contribution in [3.8, 4) is 11.8 Å². The second kappa shape index (κ2) is 14.5. The molecule has 0 amide bonds. The van der Waals surface area contributed by atoms with Crippen LogP contribution in [0.3, 0.4) is 0 Å². The molecule has 0 fully saturated rings. The first-order valence-electron chi connectivity index (χ1n) is 10.8. The van der Waals surface area contributed by atoms with Gasteiger partial charge in [-0.15, -0.1) is 0 Å². The van der Waals surface area contributed by atoms with Gasteiger partial charge in [-0.05, 0) is 13.8 Å². The van der Waals surface area contributed by atoms with Gasteiger partial charge in [0.2, 0.25) is 11.8 Å². The van der Waals surface area contributed by atoms with Crippen molar-refractivity contribution in [1.29, 1.82) is 0 Å². The van der Waals surface area contributed by atoms with E-state index < -0.39 is 11.9 Å². The first-order chi connectivity index (χ1) is 18.0. The number of anilines is 2. The van der Waals surface area contributed by atoms with Crippen molar-refractivity contribution in [1.82, 2.24) is 30.6 Å². The monoisotopic (exact) mass is 572 g/mol. The van der Waals surface area contributed by atoms with Gasteiger partial charge in [-0.3, -0.25) is 9.98 Å². The summed E-state index contributed by atoms with van der Waals surface area (Å²) in [6, 6.07) is 0. The van der Waals surface area contributed by atoms with Crippen LogP contribution in [-0.2, 0) is 9.59 Å². The SMILES string of the molecule is COc1nc(C)nc(Cl)c1NC1=NCCN1.COc1nc(C)nc(Cl)c1NC1=NCCN1.O=C(O)C(=O)O. The molecule has 0 unspecified atom stereocenters. The van der Waals surface area contributed by atoms with E-state index in [1.807, 2.05) is 0 Å². The molecule has 0 aromatic carbocycles. The minimum atomic E-state index is -1.82. The maximum atomic E-state index is 9.10. The second-order valence-corrected chi connectivity index (χ2v) is 7.78. The van der Waals surface area contributed by atoms with E-state index in [2.05, 4.69) is 51.2 Å². The van der Waals surface area contributed by atoms with Crippen molar-refractivity contribution in [3.05, 3.63) is 22.0 Å². The van der Waals surface area contributed by atoms with Crippen molar-refractivity contribution in [2.75, 3.05) is 51.0 Å². The summed E-state index contributed by atoms with van der Waals surface area (Å²) >= 11 is 12.0. The molecule has 16 nitrogen and oxygen atoms in total. The van der Waals surface area contributed by atoms with Crippen LogP contribution in [0.5, 0.6) is 11.8 Å². The third-order valence-electron chi connectivity index (χ3n) is 4.29. The van der Waals surface area contributed by atoms with E-state index in [4.69, 9.17) is 52.5 Å². The lowest BCUT2D eigenvalue weighted by molar-refractivity contribution is -0.159. The number of carboxylic acid groups (broad SMARTS) is 2. The molecule has 0 radical (unpaired) electrons. The van der Waals surface area contributed by atoms with Crippen LogP contribution in [0.1, 0.15) is 11.6 Å². The van der Waals surface area contributed by atoms with Gasteiger partial charge in [0, 0.05) is 13.1 Å². The molecular formula is C20H26Cl2N10O6. The Morgan fingerprint density at radius 2 is 1.13 bits per heavy atom. The summed E-state index contributed by atoms with van der Waals surface area (Å²) in [4.78, 5) is 43.0. The van der Waals surface area contributed by atoms with Gasteiger partial charge in [0.1, 0.15) is 23.0 Å². The fraction of sp³-hybridized carbons (Fsp3) is 0.400. The number of aromatic nitrogens is 4. The first-order valence-corrected chi connectivity index (χ1v) is 11.5. The molecule has 206 valence electrons.